The minimum Gasteiger partial charge on any atom is -0.362 e. The Bertz CT molecular complexity index is 913. The van der Waals surface area contributed by atoms with E-state index in [4.69, 9.17) is 0 Å². The Morgan fingerprint density at radius 2 is 1.74 bits per heavy atom. The predicted molar refractivity (Wildman–Crippen MR) is 87.9 cm³/mol. The van der Waals surface area contributed by atoms with E-state index in [1.165, 1.54) is 36.4 Å². The van der Waals surface area contributed by atoms with Crippen molar-refractivity contribution in [3.8, 4) is 0 Å². The molecular formula is C17H12F3N3O4. The summed E-state index contributed by atoms with van der Waals surface area (Å²) >= 11 is 0. The Kier molecular flexibility index (Phi) is 4.44. The molecule has 1 amide bonds. The number of rotatable bonds is 3. The Morgan fingerprint density at radius 1 is 1.15 bits per heavy atom. The molecule has 0 aliphatic carbocycles. The number of carbonyl (C=O) groups is 1. The summed E-state index contributed by atoms with van der Waals surface area (Å²) in [7, 11) is 0. The second-order valence-corrected chi connectivity index (χ2v) is 5.82. The standard InChI is InChI=1S/C17H12F3N3O4/c18-17(19,20)16(25)10-14(11-6-8-13(9-7-11)23(26)27)21-22(16)15(24)12-4-2-1-3-5-12/h1-9,25H,10H2. The third-order valence-corrected chi connectivity index (χ3v) is 4.06. The van der Waals surface area contributed by atoms with Crippen LogP contribution in [0.5, 0.6) is 0 Å². The number of alkyl halides is 3. The number of benzene rings is 2. The fraction of sp³-hybridized carbons (Fsp3) is 0.176. The van der Waals surface area contributed by atoms with Gasteiger partial charge in [0.15, 0.2) is 0 Å². The zero-order valence-corrected chi connectivity index (χ0v) is 13.6. The van der Waals surface area contributed by atoms with Crippen LogP contribution in [0.1, 0.15) is 22.3 Å². The Labute approximate surface area is 150 Å². The van der Waals surface area contributed by atoms with E-state index in [1.807, 2.05) is 0 Å². The first-order valence-electron chi connectivity index (χ1n) is 7.64. The molecule has 1 atom stereocenters. The minimum absolute atomic E-state index is 0.0130. The number of nitro benzene ring substituents is 1. The van der Waals surface area contributed by atoms with Gasteiger partial charge in [-0.2, -0.15) is 23.3 Å². The third-order valence-electron chi connectivity index (χ3n) is 4.06. The van der Waals surface area contributed by atoms with Crippen LogP contribution >= 0.6 is 0 Å². The number of hydrogen-bond donors (Lipinski definition) is 1. The number of amides is 1. The van der Waals surface area contributed by atoms with Crippen LogP contribution in [0, 0.1) is 10.1 Å². The average molecular weight is 379 g/mol. The first kappa shape index (κ1) is 18.5. The van der Waals surface area contributed by atoms with Crippen LogP contribution in [-0.2, 0) is 0 Å². The van der Waals surface area contributed by atoms with Gasteiger partial charge < -0.3 is 5.11 Å². The lowest BCUT2D eigenvalue weighted by Crippen LogP contribution is -2.56. The number of non-ortho nitro benzene ring substituents is 1. The molecule has 1 aliphatic rings. The van der Waals surface area contributed by atoms with Gasteiger partial charge in [-0.1, -0.05) is 18.2 Å². The molecule has 0 fully saturated rings. The van der Waals surface area contributed by atoms with Gasteiger partial charge in [0.25, 0.3) is 17.3 Å². The molecule has 0 spiro atoms. The molecule has 1 heterocycles. The normalized spacial score (nSPS) is 19.7. The van der Waals surface area contributed by atoms with Gasteiger partial charge in [-0.05, 0) is 29.8 Å². The molecule has 0 bridgehead atoms. The topological polar surface area (TPSA) is 96.0 Å². The summed E-state index contributed by atoms with van der Waals surface area (Å²) < 4.78 is 40.6. The van der Waals surface area contributed by atoms with Crippen LogP contribution in [0.3, 0.4) is 0 Å². The van der Waals surface area contributed by atoms with Crippen molar-refractivity contribution in [2.75, 3.05) is 0 Å². The van der Waals surface area contributed by atoms with Gasteiger partial charge in [0.1, 0.15) is 0 Å². The van der Waals surface area contributed by atoms with Crippen molar-refractivity contribution >= 4 is 17.3 Å². The highest BCUT2D eigenvalue weighted by molar-refractivity contribution is 6.05. The molecule has 0 aromatic heterocycles. The van der Waals surface area contributed by atoms with Crippen molar-refractivity contribution in [3.05, 3.63) is 75.8 Å². The van der Waals surface area contributed by atoms with E-state index in [-0.39, 0.29) is 27.5 Å². The summed E-state index contributed by atoms with van der Waals surface area (Å²) in [6, 6.07) is 11.8. The summed E-state index contributed by atoms with van der Waals surface area (Å²) in [6.45, 7) is 0. The van der Waals surface area contributed by atoms with Crippen molar-refractivity contribution in [3.63, 3.8) is 0 Å². The maximum absolute atomic E-state index is 13.5. The quantitative estimate of drug-likeness (QED) is 0.655. The molecule has 2 aromatic carbocycles. The lowest BCUT2D eigenvalue weighted by molar-refractivity contribution is -0.384. The predicted octanol–water partition coefficient (Wildman–Crippen LogP) is 3.10. The highest BCUT2D eigenvalue weighted by Gasteiger charge is 2.63. The maximum atomic E-state index is 13.5. The van der Waals surface area contributed by atoms with Crippen molar-refractivity contribution in [1.82, 2.24) is 5.01 Å². The number of hydrogen-bond acceptors (Lipinski definition) is 5. The molecule has 10 heteroatoms. The van der Waals surface area contributed by atoms with Crippen molar-refractivity contribution < 1.29 is 28.0 Å². The fourth-order valence-electron chi connectivity index (χ4n) is 2.62. The Hall–Kier alpha value is -3.27. The summed E-state index contributed by atoms with van der Waals surface area (Å²) in [6.07, 6.45) is -6.16. The minimum atomic E-state index is -5.16. The van der Waals surface area contributed by atoms with Gasteiger partial charge in [0, 0.05) is 17.7 Å². The van der Waals surface area contributed by atoms with E-state index in [9.17, 15) is 33.2 Å². The molecule has 140 valence electrons. The summed E-state index contributed by atoms with van der Waals surface area (Å²) in [4.78, 5) is 22.5. The second-order valence-electron chi connectivity index (χ2n) is 5.82. The van der Waals surface area contributed by atoms with Crippen LogP contribution in [0.2, 0.25) is 0 Å². The molecule has 2 aromatic rings. The maximum Gasteiger partial charge on any atom is 0.438 e. The lowest BCUT2D eigenvalue weighted by atomic mass is 10.0. The number of carbonyl (C=O) groups excluding carboxylic acids is 1. The van der Waals surface area contributed by atoms with Gasteiger partial charge in [-0.15, -0.1) is 0 Å². The van der Waals surface area contributed by atoms with E-state index < -0.39 is 29.2 Å². The van der Waals surface area contributed by atoms with E-state index >= 15 is 0 Å². The van der Waals surface area contributed by atoms with Gasteiger partial charge in [0.05, 0.1) is 17.1 Å². The van der Waals surface area contributed by atoms with Crippen molar-refractivity contribution in [2.45, 2.75) is 18.3 Å². The first-order valence-corrected chi connectivity index (χ1v) is 7.64. The molecule has 0 saturated carbocycles. The molecular weight excluding hydrogens is 367 g/mol. The molecule has 3 rings (SSSR count). The highest BCUT2D eigenvalue weighted by atomic mass is 19.4. The van der Waals surface area contributed by atoms with Crippen molar-refractivity contribution in [1.29, 1.82) is 0 Å². The molecule has 27 heavy (non-hydrogen) atoms. The van der Waals surface area contributed by atoms with Crippen LogP contribution in [-0.4, -0.2) is 38.6 Å². The van der Waals surface area contributed by atoms with Crippen LogP contribution in [0.25, 0.3) is 0 Å². The second kappa shape index (κ2) is 6.47. The molecule has 1 N–H and O–H groups in total. The number of nitrogens with zero attached hydrogens (tertiary/aromatic N) is 3. The smallest absolute Gasteiger partial charge is 0.362 e. The number of halogens is 3. The fourth-order valence-corrected chi connectivity index (χ4v) is 2.62. The zero-order chi connectivity index (χ0) is 19.8. The third kappa shape index (κ3) is 3.26. The number of aliphatic hydroxyl groups is 1. The summed E-state index contributed by atoms with van der Waals surface area (Å²) in [5.41, 5.74) is -3.92. The van der Waals surface area contributed by atoms with E-state index in [2.05, 4.69) is 5.10 Å². The Balaban J connectivity index is 2.02. The van der Waals surface area contributed by atoms with Crippen LogP contribution < -0.4 is 0 Å². The van der Waals surface area contributed by atoms with Crippen LogP contribution in [0.4, 0.5) is 18.9 Å². The molecule has 1 aliphatic heterocycles. The van der Waals surface area contributed by atoms with E-state index in [1.54, 1.807) is 6.07 Å². The zero-order valence-electron chi connectivity index (χ0n) is 13.6. The molecule has 7 nitrogen and oxygen atoms in total. The number of nitro groups is 1. The van der Waals surface area contributed by atoms with Gasteiger partial charge in [-0.3, -0.25) is 14.9 Å². The Morgan fingerprint density at radius 3 is 2.26 bits per heavy atom. The van der Waals surface area contributed by atoms with E-state index in [0.29, 0.717) is 0 Å². The molecule has 1 unspecified atom stereocenters. The monoisotopic (exact) mass is 379 g/mol. The average Bonchev–Trinajstić information content (AvgIpc) is 3.01. The summed E-state index contributed by atoms with van der Waals surface area (Å²) in [5.74, 6) is -1.12. The van der Waals surface area contributed by atoms with Crippen molar-refractivity contribution in [2.24, 2.45) is 5.10 Å². The SMILES string of the molecule is O=C(c1ccccc1)N1N=C(c2ccc([N+](=O)[O-])cc2)CC1(O)C(F)(F)F. The molecule has 0 radical (unpaired) electrons. The summed E-state index contributed by atoms with van der Waals surface area (Å²) in [5, 5.41) is 24.7. The van der Waals surface area contributed by atoms with Gasteiger partial charge >= 0.3 is 6.18 Å². The van der Waals surface area contributed by atoms with Gasteiger partial charge in [-0.25, -0.2) is 0 Å². The largest absolute Gasteiger partial charge is 0.438 e. The molecule has 0 saturated heterocycles. The lowest BCUT2D eigenvalue weighted by Gasteiger charge is -2.32. The van der Waals surface area contributed by atoms with E-state index in [0.717, 1.165) is 12.1 Å². The highest BCUT2D eigenvalue weighted by Crippen LogP contribution is 2.42. The van der Waals surface area contributed by atoms with Gasteiger partial charge in [0.2, 0.25) is 0 Å². The van der Waals surface area contributed by atoms with Crippen LogP contribution in [0.15, 0.2) is 59.7 Å². The number of hydrazone groups is 1. The first-order chi connectivity index (χ1) is 12.6.